The molecule has 0 amide bonds. The number of rotatable bonds is 18. The van der Waals surface area contributed by atoms with Crippen LogP contribution in [-0.2, 0) is 33.5 Å². The van der Waals surface area contributed by atoms with Crippen molar-refractivity contribution < 1.29 is 32.1 Å². The Morgan fingerprint density at radius 2 is 1.38 bits per heavy atom. The quantitative estimate of drug-likeness (QED) is 0.224. The van der Waals surface area contributed by atoms with Gasteiger partial charge in [0.1, 0.15) is 6.79 Å². The van der Waals surface area contributed by atoms with E-state index in [1.807, 2.05) is 30.3 Å². The molecule has 0 saturated heterocycles. The predicted molar refractivity (Wildman–Crippen MR) is 132 cm³/mol. The summed E-state index contributed by atoms with van der Waals surface area (Å²) < 4.78 is 53.2. The summed E-state index contributed by atoms with van der Waals surface area (Å²) in [5.41, 5.74) is 1.10. The zero-order valence-corrected chi connectivity index (χ0v) is 21.2. The lowest BCUT2D eigenvalue weighted by molar-refractivity contribution is -0.102. The highest BCUT2D eigenvalue weighted by atomic mass is 32.2. The molecule has 2 aromatic carbocycles. The highest BCUT2D eigenvalue weighted by molar-refractivity contribution is 7.91. The molecular formula is C26H38O7S. The van der Waals surface area contributed by atoms with Crippen LogP contribution in [0.4, 0.5) is 0 Å². The molecule has 2 aromatic rings. The lowest BCUT2D eigenvalue weighted by Crippen LogP contribution is -2.36. The number of benzene rings is 2. The summed E-state index contributed by atoms with van der Waals surface area (Å²) in [5, 5.41) is 0. The molecule has 0 aliphatic heterocycles. The summed E-state index contributed by atoms with van der Waals surface area (Å²) in [5.74, 6) is -0.124. The van der Waals surface area contributed by atoms with Gasteiger partial charge >= 0.3 is 0 Å². The molecule has 3 atom stereocenters. The zero-order valence-electron chi connectivity index (χ0n) is 20.4. The second-order valence-corrected chi connectivity index (χ2v) is 10.0. The van der Waals surface area contributed by atoms with Gasteiger partial charge in [-0.05, 0) is 30.5 Å². The zero-order chi connectivity index (χ0) is 24.7. The summed E-state index contributed by atoms with van der Waals surface area (Å²) in [6, 6.07) is 18.5. The normalized spacial score (nSPS) is 14.6. The predicted octanol–water partition coefficient (Wildman–Crippen LogP) is 4.43. The molecule has 7 nitrogen and oxygen atoms in total. The number of methoxy groups -OCH3 is 3. The first-order chi connectivity index (χ1) is 16.5. The minimum Gasteiger partial charge on any atom is -0.382 e. The van der Waals surface area contributed by atoms with Gasteiger partial charge in [0, 0.05) is 21.3 Å². The van der Waals surface area contributed by atoms with Crippen molar-refractivity contribution in [1.29, 1.82) is 0 Å². The van der Waals surface area contributed by atoms with Crippen molar-refractivity contribution in [2.45, 2.75) is 48.9 Å². The smallest absolute Gasteiger partial charge is 0.181 e. The van der Waals surface area contributed by atoms with E-state index in [9.17, 15) is 8.42 Å². The van der Waals surface area contributed by atoms with Crippen molar-refractivity contribution in [2.75, 3.05) is 47.1 Å². The average Bonchev–Trinajstić information content (AvgIpc) is 2.87. The first-order valence-electron chi connectivity index (χ1n) is 11.6. The van der Waals surface area contributed by atoms with Crippen molar-refractivity contribution in [1.82, 2.24) is 0 Å². The maximum absolute atomic E-state index is 12.8. The first-order valence-corrected chi connectivity index (χ1v) is 13.2. The Morgan fingerprint density at radius 1 is 0.765 bits per heavy atom. The molecule has 0 fully saturated rings. The Morgan fingerprint density at radius 3 is 2.00 bits per heavy atom. The van der Waals surface area contributed by atoms with Gasteiger partial charge < -0.3 is 23.7 Å². The van der Waals surface area contributed by atoms with Gasteiger partial charge in [-0.3, -0.25) is 0 Å². The molecule has 0 spiro atoms. The molecule has 0 saturated carbocycles. The topological polar surface area (TPSA) is 80.3 Å². The average molecular weight is 495 g/mol. The Kier molecular flexibility index (Phi) is 13.4. The van der Waals surface area contributed by atoms with Crippen molar-refractivity contribution in [2.24, 2.45) is 0 Å². The van der Waals surface area contributed by atoms with Crippen molar-refractivity contribution >= 4 is 9.84 Å². The van der Waals surface area contributed by atoms with E-state index in [4.69, 9.17) is 23.7 Å². The van der Waals surface area contributed by atoms with E-state index >= 15 is 0 Å². The Bertz CT molecular complexity index is 875. The largest absolute Gasteiger partial charge is 0.382 e. The van der Waals surface area contributed by atoms with Crippen LogP contribution >= 0.6 is 0 Å². The molecule has 0 aromatic heterocycles. The van der Waals surface area contributed by atoms with Gasteiger partial charge in [-0.1, -0.05) is 61.4 Å². The van der Waals surface area contributed by atoms with Gasteiger partial charge in [-0.2, -0.15) is 0 Å². The maximum Gasteiger partial charge on any atom is 0.181 e. The van der Waals surface area contributed by atoms with Crippen molar-refractivity contribution in [3.8, 4) is 0 Å². The molecule has 190 valence electrons. The van der Waals surface area contributed by atoms with Gasteiger partial charge in [0.15, 0.2) is 9.84 Å². The van der Waals surface area contributed by atoms with Crippen LogP contribution in [0.15, 0.2) is 65.6 Å². The number of ether oxygens (including phenoxy) is 5. The lowest BCUT2D eigenvalue weighted by atomic mass is 10.0. The van der Waals surface area contributed by atoms with E-state index in [1.54, 1.807) is 44.6 Å². The number of sulfone groups is 1. The highest BCUT2D eigenvalue weighted by Gasteiger charge is 2.28. The summed E-state index contributed by atoms with van der Waals surface area (Å²) in [4.78, 5) is 0.294. The maximum atomic E-state index is 12.8. The van der Waals surface area contributed by atoms with Crippen LogP contribution in [0.25, 0.3) is 0 Å². The second kappa shape index (κ2) is 16.0. The van der Waals surface area contributed by atoms with E-state index < -0.39 is 15.9 Å². The third kappa shape index (κ3) is 9.82. The van der Waals surface area contributed by atoms with Crippen LogP contribution < -0.4 is 0 Å². The fraction of sp³-hybridized carbons (Fsp3) is 0.538. The van der Waals surface area contributed by atoms with E-state index in [0.29, 0.717) is 24.5 Å². The molecule has 2 rings (SSSR count). The lowest BCUT2D eigenvalue weighted by Gasteiger charge is -2.25. The number of hydrogen-bond donors (Lipinski definition) is 0. The van der Waals surface area contributed by atoms with Crippen LogP contribution in [0.2, 0.25) is 0 Å². The van der Waals surface area contributed by atoms with E-state index in [2.05, 4.69) is 0 Å². The van der Waals surface area contributed by atoms with Gasteiger partial charge in [0.2, 0.25) is 0 Å². The van der Waals surface area contributed by atoms with Gasteiger partial charge in [0.25, 0.3) is 0 Å². The summed E-state index contributed by atoms with van der Waals surface area (Å²) in [6.45, 7) is 1.21. The number of hydrogen-bond acceptors (Lipinski definition) is 7. The second-order valence-electron chi connectivity index (χ2n) is 8.01. The molecule has 0 heterocycles. The SMILES string of the molecule is COCCOCO[C@@H](CCCC[C@H](OC)[C@@H](CS(=O)(=O)c1ccccc1)OC)c1ccccc1. The first kappa shape index (κ1) is 28.4. The van der Waals surface area contributed by atoms with Crippen LogP contribution in [0.3, 0.4) is 0 Å². The van der Waals surface area contributed by atoms with Crippen LogP contribution in [0.5, 0.6) is 0 Å². The van der Waals surface area contributed by atoms with Gasteiger partial charge in [-0.15, -0.1) is 0 Å². The molecule has 0 aliphatic carbocycles. The summed E-state index contributed by atoms with van der Waals surface area (Å²) in [7, 11) is 1.29. The molecule has 0 radical (unpaired) electrons. The highest BCUT2D eigenvalue weighted by Crippen LogP contribution is 2.25. The molecule has 34 heavy (non-hydrogen) atoms. The monoisotopic (exact) mass is 494 g/mol. The van der Waals surface area contributed by atoms with E-state index in [-0.39, 0.29) is 24.8 Å². The Hall–Kier alpha value is -1.81. The summed E-state index contributed by atoms with van der Waals surface area (Å²) >= 11 is 0. The van der Waals surface area contributed by atoms with E-state index in [1.165, 1.54) is 7.11 Å². The van der Waals surface area contributed by atoms with Crippen LogP contribution in [0.1, 0.15) is 37.4 Å². The third-order valence-corrected chi connectivity index (χ3v) is 7.42. The Labute approximate surface area is 204 Å². The van der Waals surface area contributed by atoms with Gasteiger partial charge in [-0.25, -0.2) is 8.42 Å². The van der Waals surface area contributed by atoms with Crippen molar-refractivity contribution in [3.05, 3.63) is 66.2 Å². The standard InChI is InChI=1S/C26H38O7S/c1-29-18-19-32-21-33-24(22-12-6-4-7-13-22)16-10-11-17-25(30-2)26(31-3)20-34(27,28)23-14-8-5-9-15-23/h4-9,12-15,24-26H,10-11,16-21H2,1-3H3/t24-,25-,26+/m0/s1. The van der Waals surface area contributed by atoms with Gasteiger partial charge in [0.05, 0.1) is 42.2 Å². The summed E-state index contributed by atoms with van der Waals surface area (Å²) in [6.07, 6.45) is 2.28. The molecular weight excluding hydrogens is 456 g/mol. The third-order valence-electron chi connectivity index (χ3n) is 5.67. The fourth-order valence-corrected chi connectivity index (χ4v) is 5.29. The van der Waals surface area contributed by atoms with Crippen LogP contribution in [-0.4, -0.2) is 67.7 Å². The molecule has 0 bridgehead atoms. The van der Waals surface area contributed by atoms with Crippen molar-refractivity contribution in [3.63, 3.8) is 0 Å². The van der Waals surface area contributed by atoms with E-state index in [0.717, 1.165) is 24.8 Å². The minimum absolute atomic E-state index is 0.0820. The van der Waals surface area contributed by atoms with Crippen LogP contribution in [0, 0.1) is 0 Å². The molecule has 0 N–H and O–H groups in total. The minimum atomic E-state index is -3.47. The molecule has 0 unspecified atom stereocenters. The number of unbranched alkanes of at least 4 members (excludes halogenated alkanes) is 1. The Balaban J connectivity index is 1.88. The fourth-order valence-electron chi connectivity index (χ4n) is 3.74. The molecule has 0 aliphatic rings. The molecule has 8 heteroatoms.